The van der Waals surface area contributed by atoms with Gasteiger partial charge in [0, 0.05) is 18.7 Å². The average molecular weight is 337 g/mol. The predicted octanol–water partition coefficient (Wildman–Crippen LogP) is 2.27. The molecular formula is C12H14Cl2N2O3S. The van der Waals surface area contributed by atoms with E-state index < -0.39 is 10.0 Å². The van der Waals surface area contributed by atoms with E-state index in [0.29, 0.717) is 0 Å². The second-order valence-corrected chi connectivity index (χ2v) is 7.13. The summed E-state index contributed by atoms with van der Waals surface area (Å²) in [6, 6.07) is 2.71. The summed E-state index contributed by atoms with van der Waals surface area (Å²) in [5.41, 5.74) is 0.165. The maximum atomic E-state index is 12.3. The van der Waals surface area contributed by atoms with Gasteiger partial charge in [-0.3, -0.25) is 4.79 Å². The van der Waals surface area contributed by atoms with Crippen LogP contribution in [0.15, 0.2) is 17.0 Å². The van der Waals surface area contributed by atoms with Crippen LogP contribution in [0.25, 0.3) is 0 Å². The first-order valence-corrected chi connectivity index (χ1v) is 8.31. The molecule has 0 spiro atoms. The van der Waals surface area contributed by atoms with Gasteiger partial charge in [-0.25, -0.2) is 13.6 Å². The lowest BCUT2D eigenvalue weighted by atomic mass is 9.91. The molecule has 0 radical (unpaired) electrons. The number of sulfonamides is 1. The number of primary sulfonamides is 1. The number of hydrogen-bond acceptors (Lipinski definition) is 3. The third-order valence-corrected chi connectivity index (χ3v) is 5.34. The molecule has 20 heavy (non-hydrogen) atoms. The summed E-state index contributed by atoms with van der Waals surface area (Å²) in [6.07, 6.45) is 2.99. The van der Waals surface area contributed by atoms with Gasteiger partial charge in [0.25, 0.3) is 5.91 Å². The van der Waals surface area contributed by atoms with Crippen molar-refractivity contribution in [1.82, 2.24) is 4.90 Å². The normalized spacial score (nSPS) is 15.8. The second-order valence-electron chi connectivity index (χ2n) is 4.82. The van der Waals surface area contributed by atoms with Crippen LogP contribution in [-0.2, 0) is 10.0 Å². The van der Waals surface area contributed by atoms with E-state index in [9.17, 15) is 13.2 Å². The van der Waals surface area contributed by atoms with Crippen LogP contribution in [0.3, 0.4) is 0 Å². The van der Waals surface area contributed by atoms with E-state index in [-0.39, 0.29) is 32.5 Å². The number of rotatable bonds is 3. The highest BCUT2D eigenvalue weighted by Gasteiger charge is 2.28. The first-order chi connectivity index (χ1) is 9.21. The lowest BCUT2D eigenvalue weighted by Crippen LogP contribution is -2.41. The molecule has 0 bridgehead atoms. The fourth-order valence-corrected chi connectivity index (χ4v) is 3.40. The number of hydrogen-bond donors (Lipinski definition) is 1. The largest absolute Gasteiger partial charge is 0.339 e. The number of nitrogens with zero attached hydrogens (tertiary/aromatic N) is 1. The standard InChI is InChI=1S/C12H14Cl2N2O3S/c1-16(8-3-2-4-8)12(17)7-5-9(13)11(14)10(6-7)20(15,18)19/h5-6,8H,2-4H2,1H3,(H2,15,18,19). The van der Waals surface area contributed by atoms with Gasteiger partial charge in [0.05, 0.1) is 10.0 Å². The number of carbonyl (C=O) groups excluding carboxylic acids is 1. The van der Waals surface area contributed by atoms with Crippen molar-refractivity contribution >= 4 is 39.1 Å². The van der Waals surface area contributed by atoms with Crippen LogP contribution in [-0.4, -0.2) is 32.3 Å². The zero-order valence-corrected chi connectivity index (χ0v) is 13.1. The summed E-state index contributed by atoms with van der Waals surface area (Å²) < 4.78 is 22.9. The third kappa shape index (κ3) is 2.93. The lowest BCUT2D eigenvalue weighted by Gasteiger charge is -2.34. The number of nitrogens with two attached hydrogens (primary N) is 1. The van der Waals surface area contributed by atoms with Gasteiger partial charge in [0.1, 0.15) is 4.90 Å². The van der Waals surface area contributed by atoms with Gasteiger partial charge in [-0.05, 0) is 31.4 Å². The Morgan fingerprint density at radius 1 is 1.35 bits per heavy atom. The van der Waals surface area contributed by atoms with Crippen molar-refractivity contribution in [1.29, 1.82) is 0 Å². The van der Waals surface area contributed by atoms with Crippen LogP contribution in [0.5, 0.6) is 0 Å². The Balaban J connectivity index is 2.42. The molecule has 0 aromatic heterocycles. The van der Waals surface area contributed by atoms with Crippen LogP contribution in [0.4, 0.5) is 0 Å². The van der Waals surface area contributed by atoms with Crippen LogP contribution in [0, 0.1) is 0 Å². The number of amides is 1. The molecule has 2 N–H and O–H groups in total. The molecule has 1 aromatic rings. The van der Waals surface area contributed by atoms with Crippen LogP contribution in [0.1, 0.15) is 29.6 Å². The number of benzene rings is 1. The minimum Gasteiger partial charge on any atom is -0.339 e. The molecule has 1 amide bonds. The highest BCUT2D eigenvalue weighted by Crippen LogP contribution is 2.31. The SMILES string of the molecule is CN(C(=O)c1cc(Cl)c(Cl)c(S(N)(=O)=O)c1)C1CCC1. The molecule has 1 saturated carbocycles. The van der Waals surface area contributed by atoms with E-state index in [1.165, 1.54) is 12.1 Å². The molecule has 0 atom stereocenters. The van der Waals surface area contributed by atoms with E-state index in [1.807, 2.05) is 0 Å². The zero-order valence-electron chi connectivity index (χ0n) is 10.8. The molecule has 1 aliphatic rings. The summed E-state index contributed by atoms with van der Waals surface area (Å²) in [7, 11) is -2.35. The van der Waals surface area contributed by atoms with Gasteiger partial charge in [-0.15, -0.1) is 0 Å². The summed E-state index contributed by atoms with van der Waals surface area (Å²) in [6.45, 7) is 0. The van der Waals surface area contributed by atoms with Crippen LogP contribution < -0.4 is 5.14 Å². The van der Waals surface area contributed by atoms with Crippen molar-refractivity contribution in [3.05, 3.63) is 27.7 Å². The minimum atomic E-state index is -4.04. The summed E-state index contributed by atoms with van der Waals surface area (Å²) in [5.74, 6) is -0.293. The molecule has 8 heteroatoms. The lowest BCUT2D eigenvalue weighted by molar-refractivity contribution is 0.0652. The Kier molecular flexibility index (Phi) is 4.30. The van der Waals surface area contributed by atoms with Crippen LogP contribution in [0.2, 0.25) is 10.0 Å². The van der Waals surface area contributed by atoms with Crippen molar-refractivity contribution in [2.45, 2.75) is 30.2 Å². The van der Waals surface area contributed by atoms with Crippen molar-refractivity contribution in [3.63, 3.8) is 0 Å². The van der Waals surface area contributed by atoms with Gasteiger partial charge < -0.3 is 4.90 Å². The van der Waals surface area contributed by atoms with E-state index >= 15 is 0 Å². The Bertz CT molecular complexity index is 657. The Labute approximate surface area is 127 Å². The molecule has 0 unspecified atom stereocenters. The molecule has 1 aliphatic carbocycles. The molecule has 0 saturated heterocycles. The Hall–Kier alpha value is -0.820. The van der Waals surface area contributed by atoms with Gasteiger partial charge in [0.2, 0.25) is 10.0 Å². The third-order valence-electron chi connectivity index (χ3n) is 3.49. The van der Waals surface area contributed by atoms with E-state index in [2.05, 4.69) is 0 Å². The molecular weight excluding hydrogens is 323 g/mol. The average Bonchev–Trinajstić information content (AvgIpc) is 2.27. The number of carbonyl (C=O) groups is 1. The summed E-state index contributed by atoms with van der Waals surface area (Å²) in [4.78, 5) is 13.6. The van der Waals surface area contributed by atoms with Gasteiger partial charge in [-0.2, -0.15) is 0 Å². The molecule has 5 nitrogen and oxygen atoms in total. The van der Waals surface area contributed by atoms with Gasteiger partial charge in [-0.1, -0.05) is 23.2 Å². The molecule has 110 valence electrons. The monoisotopic (exact) mass is 336 g/mol. The molecule has 1 fully saturated rings. The molecule has 1 aromatic carbocycles. The van der Waals surface area contributed by atoms with Crippen molar-refractivity contribution in [3.8, 4) is 0 Å². The Morgan fingerprint density at radius 2 is 1.95 bits per heavy atom. The predicted molar refractivity (Wildman–Crippen MR) is 77.6 cm³/mol. The first-order valence-electron chi connectivity index (χ1n) is 6.01. The Morgan fingerprint density at radius 3 is 2.40 bits per heavy atom. The maximum Gasteiger partial charge on any atom is 0.253 e. The quantitative estimate of drug-likeness (QED) is 0.919. The second kappa shape index (κ2) is 5.52. The topological polar surface area (TPSA) is 80.5 Å². The summed E-state index contributed by atoms with van der Waals surface area (Å²) in [5, 5.41) is 4.89. The fraction of sp³-hybridized carbons (Fsp3) is 0.417. The molecule has 0 aliphatic heterocycles. The van der Waals surface area contributed by atoms with E-state index in [0.717, 1.165) is 19.3 Å². The highest BCUT2D eigenvalue weighted by atomic mass is 35.5. The van der Waals surface area contributed by atoms with E-state index in [4.69, 9.17) is 28.3 Å². The fourth-order valence-electron chi connectivity index (χ4n) is 2.04. The van der Waals surface area contributed by atoms with Crippen molar-refractivity contribution < 1.29 is 13.2 Å². The minimum absolute atomic E-state index is 0.0106. The first kappa shape index (κ1) is 15.6. The van der Waals surface area contributed by atoms with Gasteiger partial charge in [0.15, 0.2) is 0 Å². The van der Waals surface area contributed by atoms with Crippen molar-refractivity contribution in [2.75, 3.05) is 7.05 Å². The highest BCUT2D eigenvalue weighted by molar-refractivity contribution is 7.89. The summed E-state index contributed by atoms with van der Waals surface area (Å²) >= 11 is 11.7. The number of halogens is 2. The van der Waals surface area contributed by atoms with Crippen LogP contribution >= 0.6 is 23.2 Å². The van der Waals surface area contributed by atoms with Gasteiger partial charge >= 0.3 is 0 Å². The van der Waals surface area contributed by atoms with Crippen molar-refractivity contribution in [2.24, 2.45) is 5.14 Å². The maximum absolute atomic E-state index is 12.3. The van der Waals surface area contributed by atoms with E-state index in [1.54, 1.807) is 11.9 Å². The molecule has 0 heterocycles. The zero-order chi connectivity index (χ0) is 15.1. The molecule has 2 rings (SSSR count). The smallest absolute Gasteiger partial charge is 0.253 e.